The number of hydrogen-bond acceptors (Lipinski definition) is 19. The van der Waals surface area contributed by atoms with Crippen molar-refractivity contribution in [3.8, 4) is 0 Å². The molecule has 0 radical (unpaired) electrons. The normalized spacial score (nSPS) is 11.0. The van der Waals surface area contributed by atoms with Crippen LogP contribution in [0.15, 0.2) is 88.3 Å². The van der Waals surface area contributed by atoms with Crippen LogP contribution in [0.25, 0.3) is 0 Å². The van der Waals surface area contributed by atoms with E-state index in [-0.39, 0.29) is 5.95 Å². The lowest BCUT2D eigenvalue weighted by Gasteiger charge is -2.12. The zero-order valence-electron chi connectivity index (χ0n) is 30.8. The number of anilines is 6. The van der Waals surface area contributed by atoms with Gasteiger partial charge in [-0.2, -0.15) is 44.9 Å². The Bertz CT molecular complexity index is 2210. The highest BCUT2D eigenvalue weighted by Gasteiger charge is 2.11. The molecule has 0 atom stereocenters. The third-order valence-corrected chi connectivity index (χ3v) is 11.0. The molecule has 0 unspecified atom stereocenters. The van der Waals surface area contributed by atoms with Crippen molar-refractivity contribution in [3.63, 3.8) is 0 Å². The van der Waals surface area contributed by atoms with E-state index >= 15 is 0 Å². The molecule has 0 saturated heterocycles. The Labute approximate surface area is 363 Å². The average molecular weight is 898 g/mol. The Morgan fingerprint density at radius 3 is 1.02 bits per heavy atom. The number of rotatable bonds is 22. The van der Waals surface area contributed by atoms with E-state index in [1.807, 2.05) is 72.8 Å². The first-order valence-corrected chi connectivity index (χ1v) is 21.9. The number of nitrogens with one attached hydrogen (secondary N) is 5. The number of nitrogens with zero attached hydrogens (tertiary/aromatic N) is 9. The number of hydrogen-bond donors (Lipinski definition) is 7. The van der Waals surface area contributed by atoms with E-state index in [0.29, 0.717) is 117 Å². The van der Waals surface area contributed by atoms with E-state index < -0.39 is 0 Å². The zero-order chi connectivity index (χ0) is 40.5. The first-order chi connectivity index (χ1) is 28.3. The third-order valence-electron chi connectivity index (χ3n) is 7.52. The molecule has 0 aliphatic carbocycles. The highest BCUT2D eigenvalue weighted by molar-refractivity contribution is 7.98. The molecule has 0 bridgehead atoms. The van der Waals surface area contributed by atoms with Gasteiger partial charge in [-0.05, 0) is 53.1 Å². The van der Waals surface area contributed by atoms with Gasteiger partial charge < -0.3 is 38.1 Å². The molecule has 3 aromatic heterocycles. The third kappa shape index (κ3) is 14.6. The second-order valence-electron chi connectivity index (χ2n) is 12.0. The maximum absolute atomic E-state index is 6.09. The fourth-order valence-electron chi connectivity index (χ4n) is 4.74. The van der Waals surface area contributed by atoms with Crippen LogP contribution in [0.1, 0.15) is 16.7 Å². The van der Waals surface area contributed by atoms with Crippen molar-refractivity contribution in [2.75, 3.05) is 71.6 Å². The van der Waals surface area contributed by atoms with Gasteiger partial charge in [0.15, 0.2) is 15.5 Å². The van der Waals surface area contributed by atoms with Gasteiger partial charge >= 0.3 is 0 Å². The minimum absolute atomic E-state index is 0.127. The lowest BCUT2D eigenvalue weighted by Crippen LogP contribution is -2.20. The fraction of sp³-hybridized carbons (Fsp3) is 0.250. The van der Waals surface area contributed by atoms with Gasteiger partial charge in [-0.3, -0.25) is 0 Å². The van der Waals surface area contributed by atoms with E-state index in [4.69, 9.17) is 46.3 Å². The van der Waals surface area contributed by atoms with Gasteiger partial charge in [0.2, 0.25) is 35.7 Å². The molecule has 0 aliphatic heterocycles. The lowest BCUT2D eigenvalue weighted by atomic mass is 10.2. The average Bonchev–Trinajstić information content (AvgIpc) is 3.22. The standard InChI is InChI=1S/C36H39Cl3N16S3/c37-25-7-1-22(2-8-25)19-56-34-48-28(41)47-29(51-34)43-15-16-44-32-50-33(55-36(54-32)58-21-24-5-11-27(39)12-6-24)46-18-17-45-31-49-30(42-14-13-40)52-35(53-31)57-20-23-3-9-26(38)10-4-23/h1-12H,13-21,40H2,(H3,41,43,47,48,51)(H2,42,45,49,52,53)(H2,44,46,50,54,55). The Morgan fingerprint density at radius 2 is 0.690 bits per heavy atom. The molecule has 0 spiro atoms. The fourth-order valence-corrected chi connectivity index (χ4v) is 7.50. The molecule has 0 amide bonds. The van der Waals surface area contributed by atoms with Crippen LogP contribution in [-0.4, -0.2) is 84.1 Å². The second-order valence-corrected chi connectivity index (χ2v) is 16.1. The smallest absolute Gasteiger partial charge is 0.228 e. The molecule has 0 aliphatic rings. The van der Waals surface area contributed by atoms with Gasteiger partial charge in [0.25, 0.3) is 0 Å². The van der Waals surface area contributed by atoms with Crippen LogP contribution < -0.4 is 38.1 Å². The summed E-state index contributed by atoms with van der Waals surface area (Å²) < 4.78 is 0. The summed E-state index contributed by atoms with van der Waals surface area (Å²) in [5.41, 5.74) is 15.0. The Kier molecular flexibility index (Phi) is 16.7. The van der Waals surface area contributed by atoms with Crippen molar-refractivity contribution in [2.24, 2.45) is 5.73 Å². The van der Waals surface area contributed by atoms with E-state index in [9.17, 15) is 0 Å². The van der Waals surface area contributed by atoms with Crippen LogP contribution in [0.4, 0.5) is 35.7 Å². The molecule has 6 rings (SSSR count). The number of halogens is 3. The molecule has 22 heteroatoms. The molecule has 6 aromatic rings. The van der Waals surface area contributed by atoms with Crippen molar-refractivity contribution in [2.45, 2.75) is 32.7 Å². The van der Waals surface area contributed by atoms with Crippen molar-refractivity contribution < 1.29 is 0 Å². The van der Waals surface area contributed by atoms with Crippen LogP contribution in [0, 0.1) is 0 Å². The van der Waals surface area contributed by atoms with Crippen molar-refractivity contribution >= 4 is 106 Å². The van der Waals surface area contributed by atoms with Gasteiger partial charge in [0, 0.05) is 71.6 Å². The Hall–Kier alpha value is -4.63. The van der Waals surface area contributed by atoms with Crippen molar-refractivity contribution in [1.82, 2.24) is 44.9 Å². The monoisotopic (exact) mass is 896 g/mol. The molecule has 16 nitrogen and oxygen atoms in total. The zero-order valence-corrected chi connectivity index (χ0v) is 35.5. The molecular weight excluding hydrogens is 859 g/mol. The first-order valence-electron chi connectivity index (χ1n) is 17.8. The SMILES string of the molecule is NCCNc1nc(NCCNc2nc(NCCNc3nc(N)nc(SCc4ccc(Cl)cc4)n3)nc(SCc3ccc(Cl)cc3)n2)nc(SCc2ccc(Cl)cc2)n1. The number of nitrogen functional groups attached to an aromatic ring is 1. The van der Waals surface area contributed by atoms with Crippen LogP contribution in [0.5, 0.6) is 0 Å². The predicted molar refractivity (Wildman–Crippen MR) is 238 cm³/mol. The topological polar surface area (TPSA) is 228 Å². The quantitative estimate of drug-likeness (QED) is 0.0267. The predicted octanol–water partition coefficient (Wildman–Crippen LogP) is 7.08. The summed E-state index contributed by atoms with van der Waals surface area (Å²) in [6.45, 7) is 2.77. The van der Waals surface area contributed by atoms with Crippen LogP contribution in [0.2, 0.25) is 15.1 Å². The van der Waals surface area contributed by atoms with E-state index in [1.54, 1.807) is 0 Å². The largest absolute Gasteiger partial charge is 0.368 e. The van der Waals surface area contributed by atoms with Gasteiger partial charge in [-0.15, -0.1) is 0 Å². The maximum Gasteiger partial charge on any atom is 0.228 e. The van der Waals surface area contributed by atoms with Gasteiger partial charge in [0.1, 0.15) is 0 Å². The van der Waals surface area contributed by atoms with Gasteiger partial charge in [-0.25, -0.2) is 0 Å². The molecule has 58 heavy (non-hydrogen) atoms. The van der Waals surface area contributed by atoms with Crippen LogP contribution >= 0.6 is 70.1 Å². The number of nitrogens with two attached hydrogens (primary N) is 2. The molecule has 9 N–H and O–H groups in total. The molecule has 3 heterocycles. The summed E-state index contributed by atoms with van der Waals surface area (Å²) in [5, 5.41) is 19.8. The van der Waals surface area contributed by atoms with Crippen LogP contribution in [0.3, 0.4) is 0 Å². The summed E-state index contributed by atoms with van der Waals surface area (Å²) in [6, 6.07) is 23.0. The molecule has 0 saturated carbocycles. The minimum atomic E-state index is 0.127. The lowest BCUT2D eigenvalue weighted by molar-refractivity contribution is 0.866. The molecule has 0 fully saturated rings. The van der Waals surface area contributed by atoms with Crippen molar-refractivity contribution in [1.29, 1.82) is 0 Å². The molecule has 3 aromatic carbocycles. The first kappa shape index (κ1) is 43.0. The van der Waals surface area contributed by atoms with E-state index in [2.05, 4.69) is 71.4 Å². The van der Waals surface area contributed by atoms with E-state index in [1.165, 1.54) is 35.3 Å². The maximum atomic E-state index is 6.09. The molecular formula is C36H39Cl3N16S3. The number of benzene rings is 3. The summed E-state index contributed by atoms with van der Waals surface area (Å²) in [4.78, 5) is 40.6. The second kappa shape index (κ2) is 22.5. The highest BCUT2D eigenvalue weighted by Crippen LogP contribution is 2.25. The van der Waals surface area contributed by atoms with Gasteiger partial charge in [-0.1, -0.05) is 106 Å². The Balaban J connectivity index is 1.05. The number of thioether (sulfide) groups is 3. The summed E-state index contributed by atoms with van der Waals surface area (Å²) >= 11 is 22.6. The van der Waals surface area contributed by atoms with Gasteiger partial charge in [0.05, 0.1) is 0 Å². The van der Waals surface area contributed by atoms with Crippen LogP contribution in [-0.2, 0) is 17.3 Å². The molecule has 302 valence electrons. The summed E-state index contributed by atoms with van der Waals surface area (Å²) in [6.07, 6.45) is 0. The summed E-state index contributed by atoms with van der Waals surface area (Å²) in [7, 11) is 0. The van der Waals surface area contributed by atoms with E-state index in [0.717, 1.165) is 16.7 Å². The summed E-state index contributed by atoms with van der Waals surface area (Å²) in [5.74, 6) is 4.12. The highest BCUT2D eigenvalue weighted by atomic mass is 35.5. The minimum Gasteiger partial charge on any atom is -0.368 e. The number of aromatic nitrogens is 9. The Morgan fingerprint density at radius 1 is 0.397 bits per heavy atom. The van der Waals surface area contributed by atoms with Crippen molar-refractivity contribution in [3.05, 3.63) is 105 Å².